The summed E-state index contributed by atoms with van der Waals surface area (Å²) in [4.78, 5) is 24.3. The Balaban J connectivity index is 1.54. The first-order valence-corrected chi connectivity index (χ1v) is 10.3. The molecule has 0 bridgehead atoms. The molecule has 150 valence electrons. The van der Waals surface area contributed by atoms with E-state index in [-0.39, 0.29) is 16.8 Å². The second kappa shape index (κ2) is 9.68. The quantitative estimate of drug-likeness (QED) is 0.409. The van der Waals surface area contributed by atoms with E-state index in [1.807, 2.05) is 0 Å². The number of carbonyl (C=O) groups excluding carboxylic acids is 2. The van der Waals surface area contributed by atoms with E-state index < -0.39 is 11.7 Å². The minimum absolute atomic E-state index is 0.0796. The Hall–Kier alpha value is -2.69. The maximum absolute atomic E-state index is 12.9. The second-order valence-corrected chi connectivity index (χ2v) is 8.15. The smallest absolute Gasteiger partial charge is 0.257 e. The van der Waals surface area contributed by atoms with Crippen molar-refractivity contribution in [1.82, 2.24) is 10.2 Å². The van der Waals surface area contributed by atoms with Crippen LogP contribution in [0.1, 0.15) is 10.4 Å². The Morgan fingerprint density at radius 2 is 1.93 bits per heavy atom. The van der Waals surface area contributed by atoms with Gasteiger partial charge in [0.15, 0.2) is 4.34 Å². The van der Waals surface area contributed by atoms with Gasteiger partial charge in [0.2, 0.25) is 11.0 Å². The van der Waals surface area contributed by atoms with Gasteiger partial charge in [0.1, 0.15) is 11.6 Å². The fourth-order valence-corrected chi connectivity index (χ4v) is 3.90. The molecule has 0 saturated heterocycles. The lowest BCUT2D eigenvalue weighted by atomic mass is 10.2. The van der Waals surface area contributed by atoms with Crippen LogP contribution >= 0.6 is 34.7 Å². The molecule has 2 amide bonds. The lowest BCUT2D eigenvalue weighted by Gasteiger charge is -2.09. The van der Waals surface area contributed by atoms with E-state index in [0.29, 0.717) is 26.4 Å². The van der Waals surface area contributed by atoms with Crippen LogP contribution in [0.4, 0.5) is 15.2 Å². The molecule has 0 atom stereocenters. The molecule has 29 heavy (non-hydrogen) atoms. The van der Waals surface area contributed by atoms with Crippen LogP contribution in [0.5, 0.6) is 5.75 Å². The molecule has 3 aromatic rings. The molecule has 2 N–H and O–H groups in total. The Kier molecular flexibility index (Phi) is 7.02. The lowest BCUT2D eigenvalue weighted by Crippen LogP contribution is -2.14. The van der Waals surface area contributed by atoms with Crippen molar-refractivity contribution >= 4 is 57.3 Å². The van der Waals surface area contributed by atoms with Gasteiger partial charge in [-0.1, -0.05) is 34.7 Å². The number of rotatable bonds is 7. The summed E-state index contributed by atoms with van der Waals surface area (Å²) in [5, 5.41) is 13.9. The minimum atomic E-state index is -0.427. The van der Waals surface area contributed by atoms with E-state index in [2.05, 4.69) is 20.8 Å². The van der Waals surface area contributed by atoms with Crippen molar-refractivity contribution in [3.63, 3.8) is 0 Å². The molecular formula is C18H14ClFN4O3S2. The van der Waals surface area contributed by atoms with Gasteiger partial charge in [0.25, 0.3) is 5.91 Å². The molecule has 0 spiro atoms. The Bertz CT molecular complexity index is 1030. The zero-order chi connectivity index (χ0) is 20.8. The van der Waals surface area contributed by atoms with Crippen LogP contribution in [0.15, 0.2) is 46.8 Å². The molecule has 0 aliphatic heterocycles. The highest BCUT2D eigenvalue weighted by molar-refractivity contribution is 8.01. The van der Waals surface area contributed by atoms with E-state index >= 15 is 0 Å². The van der Waals surface area contributed by atoms with Crippen LogP contribution in [0.3, 0.4) is 0 Å². The average Bonchev–Trinajstić information content (AvgIpc) is 3.14. The van der Waals surface area contributed by atoms with Crippen molar-refractivity contribution in [3.8, 4) is 5.75 Å². The predicted octanol–water partition coefficient (Wildman–Crippen LogP) is 4.32. The summed E-state index contributed by atoms with van der Waals surface area (Å²) in [5.41, 5.74) is 0.765. The highest BCUT2D eigenvalue weighted by atomic mass is 35.5. The molecule has 0 aliphatic rings. The number of hydrogen-bond donors (Lipinski definition) is 2. The van der Waals surface area contributed by atoms with Gasteiger partial charge in [-0.05, 0) is 42.5 Å². The van der Waals surface area contributed by atoms with Crippen molar-refractivity contribution in [2.45, 2.75) is 4.34 Å². The Morgan fingerprint density at radius 1 is 1.17 bits per heavy atom. The van der Waals surface area contributed by atoms with Crippen molar-refractivity contribution in [2.75, 3.05) is 23.5 Å². The summed E-state index contributed by atoms with van der Waals surface area (Å²) in [6, 6.07) is 10.1. The number of benzene rings is 2. The van der Waals surface area contributed by atoms with Crippen LogP contribution in [-0.2, 0) is 4.79 Å². The summed E-state index contributed by atoms with van der Waals surface area (Å²) < 4.78 is 18.6. The molecule has 3 rings (SSSR count). The van der Waals surface area contributed by atoms with E-state index in [0.717, 1.165) is 11.3 Å². The normalized spacial score (nSPS) is 10.4. The number of nitrogens with zero attached hydrogens (tertiary/aromatic N) is 2. The monoisotopic (exact) mass is 452 g/mol. The zero-order valence-corrected chi connectivity index (χ0v) is 17.3. The predicted molar refractivity (Wildman–Crippen MR) is 112 cm³/mol. The maximum atomic E-state index is 12.9. The summed E-state index contributed by atoms with van der Waals surface area (Å²) in [6.07, 6.45) is 0. The highest BCUT2D eigenvalue weighted by Gasteiger charge is 2.13. The summed E-state index contributed by atoms with van der Waals surface area (Å²) in [6.45, 7) is 0. The molecule has 0 saturated carbocycles. The van der Waals surface area contributed by atoms with E-state index in [9.17, 15) is 14.0 Å². The fraction of sp³-hybridized carbons (Fsp3) is 0.111. The minimum Gasteiger partial charge on any atom is -0.495 e. The topological polar surface area (TPSA) is 93.2 Å². The SMILES string of the molecule is COc1ccc(Cl)cc1NC(=O)CSc1nnc(NC(=O)c2ccc(F)cc2)s1. The molecule has 1 aromatic heterocycles. The van der Waals surface area contributed by atoms with Crippen LogP contribution < -0.4 is 15.4 Å². The third-order valence-corrected chi connectivity index (χ3v) is 5.70. The van der Waals surface area contributed by atoms with Gasteiger partial charge < -0.3 is 10.1 Å². The number of hydrogen-bond acceptors (Lipinski definition) is 7. The molecule has 7 nitrogen and oxygen atoms in total. The number of thioether (sulfide) groups is 1. The number of amides is 2. The molecule has 1 heterocycles. The van der Waals surface area contributed by atoms with Crippen molar-refractivity contribution < 1.29 is 18.7 Å². The molecule has 11 heteroatoms. The number of nitrogens with one attached hydrogen (secondary N) is 2. The van der Waals surface area contributed by atoms with Crippen molar-refractivity contribution in [3.05, 3.63) is 58.9 Å². The van der Waals surface area contributed by atoms with Crippen LogP contribution in [-0.4, -0.2) is 34.9 Å². The third-order valence-electron chi connectivity index (χ3n) is 3.50. The molecule has 0 fully saturated rings. The first-order valence-electron chi connectivity index (χ1n) is 8.11. The first kappa shape index (κ1) is 21.0. The largest absolute Gasteiger partial charge is 0.495 e. The molecule has 0 radical (unpaired) electrons. The zero-order valence-electron chi connectivity index (χ0n) is 14.9. The van der Waals surface area contributed by atoms with E-state index in [1.165, 1.54) is 43.1 Å². The fourth-order valence-electron chi connectivity index (χ4n) is 2.18. The lowest BCUT2D eigenvalue weighted by molar-refractivity contribution is -0.113. The number of carbonyl (C=O) groups is 2. The van der Waals surface area contributed by atoms with Crippen molar-refractivity contribution in [2.24, 2.45) is 0 Å². The molecule has 0 aliphatic carbocycles. The Morgan fingerprint density at radius 3 is 2.66 bits per heavy atom. The number of ether oxygens (including phenoxy) is 1. The number of halogens is 2. The van der Waals surface area contributed by atoms with Crippen LogP contribution in [0.2, 0.25) is 5.02 Å². The van der Waals surface area contributed by atoms with E-state index in [4.69, 9.17) is 16.3 Å². The van der Waals surface area contributed by atoms with Gasteiger partial charge in [-0.2, -0.15) is 0 Å². The van der Waals surface area contributed by atoms with Crippen LogP contribution in [0.25, 0.3) is 0 Å². The molecule has 2 aromatic carbocycles. The van der Waals surface area contributed by atoms with Gasteiger partial charge in [0.05, 0.1) is 18.6 Å². The summed E-state index contributed by atoms with van der Waals surface area (Å²) >= 11 is 8.24. The number of aromatic nitrogens is 2. The third kappa shape index (κ3) is 5.89. The standard InChI is InChI=1S/C18H14ClFN4O3S2/c1-27-14-7-4-11(19)8-13(14)21-15(25)9-28-18-24-23-17(29-18)22-16(26)10-2-5-12(20)6-3-10/h2-8H,9H2,1H3,(H,21,25)(H,22,23,26). The average molecular weight is 453 g/mol. The van der Waals surface area contributed by atoms with Crippen molar-refractivity contribution in [1.29, 1.82) is 0 Å². The number of anilines is 2. The molecule has 0 unspecified atom stereocenters. The van der Waals surface area contributed by atoms with Gasteiger partial charge in [0, 0.05) is 10.6 Å². The van der Waals surface area contributed by atoms with Crippen LogP contribution in [0, 0.1) is 5.82 Å². The van der Waals surface area contributed by atoms with Gasteiger partial charge in [-0.25, -0.2) is 4.39 Å². The highest BCUT2D eigenvalue weighted by Crippen LogP contribution is 2.29. The summed E-state index contributed by atoms with van der Waals surface area (Å²) in [7, 11) is 1.50. The van der Waals surface area contributed by atoms with Gasteiger partial charge in [-0.3, -0.25) is 14.9 Å². The first-order chi connectivity index (χ1) is 13.9. The second-order valence-electron chi connectivity index (χ2n) is 5.52. The van der Waals surface area contributed by atoms with Gasteiger partial charge in [-0.15, -0.1) is 10.2 Å². The Labute approximate surface area is 178 Å². The maximum Gasteiger partial charge on any atom is 0.257 e. The summed E-state index contributed by atoms with van der Waals surface area (Å²) in [5.74, 6) is -0.554. The number of methoxy groups -OCH3 is 1. The van der Waals surface area contributed by atoms with Gasteiger partial charge >= 0.3 is 0 Å². The molecular weight excluding hydrogens is 439 g/mol. The van der Waals surface area contributed by atoms with E-state index in [1.54, 1.807) is 18.2 Å².